The predicted molar refractivity (Wildman–Crippen MR) is 76.9 cm³/mol. The van der Waals surface area contributed by atoms with E-state index in [1.54, 1.807) is 18.2 Å². The molecule has 1 heterocycles. The maximum Gasteiger partial charge on any atom is 0.312 e. The average Bonchev–Trinajstić information content (AvgIpc) is 2.50. The van der Waals surface area contributed by atoms with Crippen molar-refractivity contribution in [2.45, 2.75) is 24.9 Å². The van der Waals surface area contributed by atoms with Crippen LogP contribution in [-0.4, -0.2) is 44.0 Å². The van der Waals surface area contributed by atoms with E-state index < -0.39 is 11.9 Å². The molecule has 0 radical (unpaired) electrons. The van der Waals surface area contributed by atoms with Crippen LogP contribution in [0.2, 0.25) is 0 Å². The van der Waals surface area contributed by atoms with Crippen molar-refractivity contribution in [3.63, 3.8) is 0 Å². The van der Waals surface area contributed by atoms with Crippen molar-refractivity contribution in [2.24, 2.45) is 5.73 Å². The fourth-order valence-electron chi connectivity index (χ4n) is 2.36. The largest absolute Gasteiger partial charge is 0.493 e. The highest BCUT2D eigenvalue weighted by molar-refractivity contribution is 5.76. The number of benzene rings is 1. The minimum atomic E-state index is -0.950. The number of carboxylic acids is 1. The molecule has 2 atom stereocenters. The lowest BCUT2D eigenvalue weighted by Crippen LogP contribution is -2.28. The molecule has 1 aromatic rings. The van der Waals surface area contributed by atoms with E-state index in [9.17, 15) is 4.79 Å². The molecule has 1 aromatic carbocycles. The van der Waals surface area contributed by atoms with Crippen molar-refractivity contribution in [3.8, 4) is 11.5 Å². The Balaban J connectivity index is 2.17. The van der Waals surface area contributed by atoms with E-state index in [1.165, 1.54) is 7.11 Å². The standard InChI is InChI=1S/C15H21NO5/c1-19-14-7-10(12(8-16)15(17)18)4-5-13(14)21-11-3-2-6-20-9-11/h4-5,7,11-12H,2-3,6,8-9,16H2,1H3,(H,17,18). The Kier molecular flexibility index (Phi) is 5.41. The number of hydrogen-bond donors (Lipinski definition) is 2. The van der Waals surface area contributed by atoms with Gasteiger partial charge in [-0.3, -0.25) is 4.79 Å². The number of carboxylic acid groups (broad SMARTS) is 1. The second kappa shape index (κ2) is 7.28. The highest BCUT2D eigenvalue weighted by atomic mass is 16.5. The molecule has 6 heteroatoms. The van der Waals surface area contributed by atoms with E-state index >= 15 is 0 Å². The number of hydrogen-bond acceptors (Lipinski definition) is 5. The van der Waals surface area contributed by atoms with Crippen LogP contribution >= 0.6 is 0 Å². The molecule has 6 nitrogen and oxygen atoms in total. The number of rotatable bonds is 6. The van der Waals surface area contributed by atoms with Crippen molar-refractivity contribution in [3.05, 3.63) is 23.8 Å². The molecule has 0 amide bonds. The Hall–Kier alpha value is -1.79. The van der Waals surface area contributed by atoms with Crippen molar-refractivity contribution in [1.82, 2.24) is 0 Å². The van der Waals surface area contributed by atoms with Crippen LogP contribution in [0, 0.1) is 0 Å². The summed E-state index contributed by atoms with van der Waals surface area (Å²) in [4.78, 5) is 11.2. The number of carbonyl (C=O) groups is 1. The zero-order chi connectivity index (χ0) is 15.2. The third kappa shape index (κ3) is 3.86. The van der Waals surface area contributed by atoms with Crippen LogP contribution in [0.25, 0.3) is 0 Å². The second-order valence-corrected chi connectivity index (χ2v) is 4.99. The molecular weight excluding hydrogens is 274 g/mol. The Morgan fingerprint density at radius 3 is 2.90 bits per heavy atom. The molecule has 2 unspecified atom stereocenters. The van der Waals surface area contributed by atoms with Gasteiger partial charge in [-0.15, -0.1) is 0 Å². The molecule has 0 bridgehead atoms. The summed E-state index contributed by atoms with van der Waals surface area (Å²) in [6.07, 6.45) is 1.91. The summed E-state index contributed by atoms with van der Waals surface area (Å²) in [5.74, 6) is -0.587. The van der Waals surface area contributed by atoms with E-state index in [2.05, 4.69) is 0 Å². The molecule has 1 fully saturated rings. The van der Waals surface area contributed by atoms with Crippen molar-refractivity contribution in [1.29, 1.82) is 0 Å². The summed E-state index contributed by atoms with van der Waals surface area (Å²) in [5.41, 5.74) is 6.12. The van der Waals surface area contributed by atoms with Gasteiger partial charge in [-0.1, -0.05) is 6.07 Å². The molecule has 3 N–H and O–H groups in total. The van der Waals surface area contributed by atoms with E-state index in [-0.39, 0.29) is 12.6 Å². The zero-order valence-electron chi connectivity index (χ0n) is 12.1. The molecule has 0 saturated carbocycles. The van der Waals surface area contributed by atoms with Gasteiger partial charge in [-0.05, 0) is 30.5 Å². The summed E-state index contributed by atoms with van der Waals surface area (Å²) in [7, 11) is 1.53. The van der Waals surface area contributed by atoms with Crippen LogP contribution in [0.1, 0.15) is 24.3 Å². The molecule has 1 aliphatic rings. The average molecular weight is 295 g/mol. The van der Waals surface area contributed by atoms with Gasteiger partial charge in [0.1, 0.15) is 6.10 Å². The summed E-state index contributed by atoms with van der Waals surface area (Å²) >= 11 is 0. The Morgan fingerprint density at radius 1 is 1.52 bits per heavy atom. The van der Waals surface area contributed by atoms with Gasteiger partial charge in [0.15, 0.2) is 11.5 Å². The van der Waals surface area contributed by atoms with Crippen LogP contribution in [0.15, 0.2) is 18.2 Å². The second-order valence-electron chi connectivity index (χ2n) is 4.99. The molecular formula is C15H21NO5. The SMILES string of the molecule is COc1cc(C(CN)C(=O)O)ccc1OC1CCCOC1. The highest BCUT2D eigenvalue weighted by Gasteiger charge is 2.21. The summed E-state index contributed by atoms with van der Waals surface area (Å²) < 4.78 is 16.6. The van der Waals surface area contributed by atoms with E-state index in [0.717, 1.165) is 19.4 Å². The molecule has 1 aliphatic heterocycles. The monoisotopic (exact) mass is 295 g/mol. The molecule has 2 rings (SSSR count). The quantitative estimate of drug-likeness (QED) is 0.824. The smallest absolute Gasteiger partial charge is 0.312 e. The number of methoxy groups -OCH3 is 1. The van der Waals surface area contributed by atoms with Gasteiger partial charge in [0.25, 0.3) is 0 Å². The third-order valence-corrected chi connectivity index (χ3v) is 3.54. The Morgan fingerprint density at radius 2 is 2.33 bits per heavy atom. The van der Waals surface area contributed by atoms with Crippen molar-refractivity contribution < 1.29 is 24.1 Å². The van der Waals surface area contributed by atoms with Gasteiger partial charge in [-0.25, -0.2) is 0 Å². The van der Waals surface area contributed by atoms with Gasteiger partial charge in [-0.2, -0.15) is 0 Å². The maximum absolute atomic E-state index is 11.2. The number of aliphatic carboxylic acids is 1. The zero-order valence-corrected chi connectivity index (χ0v) is 12.1. The van der Waals surface area contributed by atoms with Gasteiger partial charge in [0, 0.05) is 13.2 Å². The Bertz CT molecular complexity index is 485. The molecule has 0 spiro atoms. The first-order chi connectivity index (χ1) is 10.2. The van der Waals surface area contributed by atoms with Gasteiger partial charge in [0.2, 0.25) is 0 Å². The lowest BCUT2D eigenvalue weighted by Gasteiger charge is -2.24. The highest BCUT2D eigenvalue weighted by Crippen LogP contribution is 2.32. The topological polar surface area (TPSA) is 91.0 Å². The lowest BCUT2D eigenvalue weighted by atomic mass is 9.99. The van der Waals surface area contributed by atoms with E-state index in [1.807, 2.05) is 0 Å². The number of ether oxygens (including phenoxy) is 3. The molecule has 1 saturated heterocycles. The van der Waals surface area contributed by atoms with Crippen LogP contribution in [0.3, 0.4) is 0 Å². The van der Waals surface area contributed by atoms with Crippen LogP contribution < -0.4 is 15.2 Å². The van der Waals surface area contributed by atoms with E-state index in [4.69, 9.17) is 25.1 Å². The van der Waals surface area contributed by atoms with Crippen LogP contribution in [0.5, 0.6) is 11.5 Å². The number of nitrogens with two attached hydrogens (primary N) is 1. The molecule has 21 heavy (non-hydrogen) atoms. The first-order valence-corrected chi connectivity index (χ1v) is 7.01. The van der Waals surface area contributed by atoms with Gasteiger partial charge in [0.05, 0.1) is 19.6 Å². The third-order valence-electron chi connectivity index (χ3n) is 3.54. The fraction of sp³-hybridized carbons (Fsp3) is 0.533. The van der Waals surface area contributed by atoms with Crippen LogP contribution in [0.4, 0.5) is 0 Å². The Labute approximate surface area is 123 Å². The molecule has 0 aliphatic carbocycles. The summed E-state index contributed by atoms with van der Waals surface area (Å²) in [6, 6.07) is 5.12. The minimum absolute atomic E-state index is 0.00304. The van der Waals surface area contributed by atoms with Crippen LogP contribution in [-0.2, 0) is 9.53 Å². The van der Waals surface area contributed by atoms with Gasteiger partial charge < -0.3 is 25.1 Å². The molecule has 116 valence electrons. The predicted octanol–water partition coefficient (Wildman–Crippen LogP) is 1.38. The molecule has 0 aromatic heterocycles. The minimum Gasteiger partial charge on any atom is -0.493 e. The first kappa shape index (κ1) is 15.6. The van der Waals surface area contributed by atoms with E-state index in [0.29, 0.717) is 23.7 Å². The lowest BCUT2D eigenvalue weighted by molar-refractivity contribution is -0.138. The normalized spacial score (nSPS) is 19.8. The first-order valence-electron chi connectivity index (χ1n) is 7.01. The van der Waals surface area contributed by atoms with Crippen molar-refractivity contribution in [2.75, 3.05) is 26.9 Å². The maximum atomic E-state index is 11.2. The van der Waals surface area contributed by atoms with Crippen molar-refractivity contribution >= 4 is 5.97 Å². The summed E-state index contributed by atoms with van der Waals surface area (Å²) in [6.45, 7) is 1.37. The van der Waals surface area contributed by atoms with Gasteiger partial charge >= 0.3 is 5.97 Å². The fourth-order valence-corrected chi connectivity index (χ4v) is 2.36. The summed E-state index contributed by atoms with van der Waals surface area (Å²) in [5, 5.41) is 9.15.